The van der Waals surface area contributed by atoms with Crippen molar-refractivity contribution < 1.29 is 4.79 Å². The van der Waals surface area contributed by atoms with Gasteiger partial charge in [-0.3, -0.25) is 14.2 Å². The Balaban J connectivity index is 1.75. The lowest BCUT2D eigenvalue weighted by Gasteiger charge is -2.16. The van der Waals surface area contributed by atoms with Crippen molar-refractivity contribution in [1.82, 2.24) is 14.5 Å². The van der Waals surface area contributed by atoms with E-state index in [9.17, 15) is 9.59 Å². The van der Waals surface area contributed by atoms with Crippen LogP contribution in [-0.4, -0.2) is 39.2 Å². The molecule has 4 rings (SSSR count). The minimum Gasteiger partial charge on any atom is -0.342 e. The van der Waals surface area contributed by atoms with Gasteiger partial charge in [0.2, 0.25) is 5.91 Å². The van der Waals surface area contributed by atoms with Crippen molar-refractivity contribution in [2.45, 2.75) is 18.0 Å². The number of amides is 1. The summed E-state index contributed by atoms with van der Waals surface area (Å²) in [4.78, 5) is 32.1. The maximum absolute atomic E-state index is 13.1. The molecule has 0 atom stereocenters. The molecule has 0 unspecified atom stereocenters. The molecule has 1 fully saturated rings. The van der Waals surface area contributed by atoms with E-state index in [0.29, 0.717) is 26.8 Å². The highest BCUT2D eigenvalue weighted by molar-refractivity contribution is 7.99. The molecule has 138 valence electrons. The zero-order chi connectivity index (χ0) is 18.8. The van der Waals surface area contributed by atoms with E-state index in [-0.39, 0.29) is 17.2 Å². The molecule has 0 aliphatic carbocycles. The minimum absolute atomic E-state index is 0.0857. The second kappa shape index (κ2) is 7.74. The number of halogens is 1. The second-order valence-corrected chi connectivity index (χ2v) is 7.78. The van der Waals surface area contributed by atoms with Crippen LogP contribution in [0.15, 0.2) is 58.5 Å². The van der Waals surface area contributed by atoms with E-state index in [4.69, 9.17) is 11.6 Å². The maximum Gasteiger partial charge on any atom is 0.266 e. The number of hydrogen-bond donors (Lipinski definition) is 0. The molecule has 0 radical (unpaired) electrons. The van der Waals surface area contributed by atoms with E-state index in [1.165, 1.54) is 11.8 Å². The topological polar surface area (TPSA) is 55.2 Å². The fourth-order valence-corrected chi connectivity index (χ4v) is 4.25. The summed E-state index contributed by atoms with van der Waals surface area (Å²) >= 11 is 7.29. The van der Waals surface area contributed by atoms with Gasteiger partial charge in [-0.25, -0.2) is 4.98 Å². The number of carbonyl (C=O) groups excluding carboxylic acids is 1. The molecule has 1 aliphatic rings. The molecule has 0 bridgehead atoms. The lowest BCUT2D eigenvalue weighted by atomic mass is 10.2. The zero-order valence-electron chi connectivity index (χ0n) is 14.6. The van der Waals surface area contributed by atoms with Crippen LogP contribution >= 0.6 is 23.4 Å². The monoisotopic (exact) mass is 399 g/mol. The van der Waals surface area contributed by atoms with Crippen LogP contribution in [0.2, 0.25) is 5.02 Å². The van der Waals surface area contributed by atoms with Crippen LogP contribution in [0.25, 0.3) is 16.6 Å². The van der Waals surface area contributed by atoms with Crippen molar-refractivity contribution in [2.24, 2.45) is 0 Å². The molecule has 7 heteroatoms. The molecular formula is C20H18ClN3O2S. The first-order valence-corrected chi connectivity index (χ1v) is 10.2. The number of likely N-dealkylation sites (tertiary alicyclic amines) is 1. The Hall–Kier alpha value is -2.31. The van der Waals surface area contributed by atoms with Gasteiger partial charge in [0.25, 0.3) is 5.56 Å². The van der Waals surface area contributed by atoms with Crippen LogP contribution < -0.4 is 5.56 Å². The average Bonchev–Trinajstić information content (AvgIpc) is 3.22. The molecular weight excluding hydrogens is 382 g/mol. The first-order chi connectivity index (χ1) is 13.1. The number of para-hydroxylation sites is 1. The summed E-state index contributed by atoms with van der Waals surface area (Å²) in [6, 6.07) is 14.3. The van der Waals surface area contributed by atoms with Gasteiger partial charge in [-0.1, -0.05) is 35.5 Å². The van der Waals surface area contributed by atoms with Crippen LogP contribution in [0.5, 0.6) is 0 Å². The average molecular weight is 400 g/mol. The summed E-state index contributed by atoms with van der Waals surface area (Å²) in [6.45, 7) is 1.63. The maximum atomic E-state index is 13.1. The van der Waals surface area contributed by atoms with Crippen molar-refractivity contribution >= 4 is 40.2 Å². The van der Waals surface area contributed by atoms with Crippen molar-refractivity contribution in [1.29, 1.82) is 0 Å². The highest BCUT2D eigenvalue weighted by Crippen LogP contribution is 2.23. The number of fused-ring (bicyclic) bond motifs is 1. The number of benzene rings is 2. The minimum atomic E-state index is -0.154. The van der Waals surface area contributed by atoms with Crippen molar-refractivity contribution in [3.8, 4) is 5.69 Å². The predicted octanol–water partition coefficient (Wildman–Crippen LogP) is 3.75. The SMILES string of the molecule is O=C(CSc1nc2ccccc2c(=O)n1-c1ccc(Cl)cc1)N1CCCC1. The molecule has 0 spiro atoms. The number of nitrogens with zero attached hydrogens (tertiary/aromatic N) is 3. The van der Waals surface area contributed by atoms with Gasteiger partial charge in [0.05, 0.1) is 22.3 Å². The molecule has 1 amide bonds. The lowest BCUT2D eigenvalue weighted by molar-refractivity contribution is -0.127. The van der Waals surface area contributed by atoms with E-state index in [1.807, 2.05) is 23.1 Å². The number of carbonyl (C=O) groups is 1. The molecule has 1 aromatic heterocycles. The van der Waals surface area contributed by atoms with Crippen molar-refractivity contribution in [2.75, 3.05) is 18.8 Å². The van der Waals surface area contributed by atoms with E-state index < -0.39 is 0 Å². The Morgan fingerprint density at radius 1 is 1.07 bits per heavy atom. The first kappa shape index (κ1) is 18.1. The van der Waals surface area contributed by atoms with E-state index >= 15 is 0 Å². The summed E-state index contributed by atoms with van der Waals surface area (Å²) in [5.41, 5.74) is 1.15. The number of hydrogen-bond acceptors (Lipinski definition) is 4. The van der Waals surface area contributed by atoms with Crippen LogP contribution in [0.1, 0.15) is 12.8 Å². The first-order valence-electron chi connectivity index (χ1n) is 8.82. The van der Waals surface area contributed by atoms with Gasteiger partial charge >= 0.3 is 0 Å². The molecule has 2 aromatic carbocycles. The molecule has 2 heterocycles. The Morgan fingerprint density at radius 3 is 2.52 bits per heavy atom. The summed E-state index contributed by atoms with van der Waals surface area (Å²) in [5.74, 6) is 0.348. The Bertz CT molecular complexity index is 1040. The number of thioether (sulfide) groups is 1. The number of aromatic nitrogens is 2. The predicted molar refractivity (Wildman–Crippen MR) is 109 cm³/mol. The highest BCUT2D eigenvalue weighted by atomic mass is 35.5. The molecule has 1 saturated heterocycles. The number of rotatable bonds is 4. The molecule has 5 nitrogen and oxygen atoms in total. The van der Waals surface area contributed by atoms with Crippen LogP contribution in [0, 0.1) is 0 Å². The second-order valence-electron chi connectivity index (χ2n) is 6.41. The summed E-state index contributed by atoms with van der Waals surface area (Å²) in [6.07, 6.45) is 2.11. The van der Waals surface area contributed by atoms with E-state index in [1.54, 1.807) is 34.9 Å². The fraction of sp³-hybridized carbons (Fsp3) is 0.250. The van der Waals surface area contributed by atoms with Gasteiger partial charge in [-0.05, 0) is 49.2 Å². The van der Waals surface area contributed by atoms with Crippen molar-refractivity contribution in [3.05, 3.63) is 63.9 Å². The fourth-order valence-electron chi connectivity index (χ4n) is 3.21. The molecule has 0 saturated carbocycles. The summed E-state index contributed by atoms with van der Waals surface area (Å²) in [5, 5.41) is 1.65. The Kier molecular flexibility index (Phi) is 5.18. The van der Waals surface area contributed by atoms with Crippen LogP contribution in [0.3, 0.4) is 0 Å². The normalized spacial score (nSPS) is 14.0. The quantitative estimate of drug-likeness (QED) is 0.495. The van der Waals surface area contributed by atoms with Gasteiger partial charge in [0.1, 0.15) is 0 Å². The van der Waals surface area contributed by atoms with Gasteiger partial charge < -0.3 is 4.90 Å². The smallest absolute Gasteiger partial charge is 0.266 e. The summed E-state index contributed by atoms with van der Waals surface area (Å²) < 4.78 is 1.56. The molecule has 3 aromatic rings. The van der Waals surface area contributed by atoms with Crippen LogP contribution in [0.4, 0.5) is 0 Å². The molecule has 0 N–H and O–H groups in total. The summed E-state index contributed by atoms with van der Waals surface area (Å²) in [7, 11) is 0. The lowest BCUT2D eigenvalue weighted by Crippen LogP contribution is -2.29. The van der Waals surface area contributed by atoms with Gasteiger partial charge in [0, 0.05) is 18.1 Å². The highest BCUT2D eigenvalue weighted by Gasteiger charge is 2.20. The largest absolute Gasteiger partial charge is 0.342 e. The zero-order valence-corrected chi connectivity index (χ0v) is 16.2. The Labute approximate surface area is 166 Å². The standard InChI is InChI=1S/C20H18ClN3O2S/c21-14-7-9-15(10-8-14)24-19(26)16-5-1-2-6-17(16)22-20(24)27-13-18(25)23-11-3-4-12-23/h1-2,5-10H,3-4,11-13H2. The van der Waals surface area contributed by atoms with Crippen LogP contribution in [-0.2, 0) is 4.79 Å². The molecule has 1 aliphatic heterocycles. The third-order valence-electron chi connectivity index (χ3n) is 4.61. The molecule has 27 heavy (non-hydrogen) atoms. The van der Waals surface area contributed by atoms with Gasteiger partial charge in [0.15, 0.2) is 5.16 Å². The van der Waals surface area contributed by atoms with Gasteiger partial charge in [-0.15, -0.1) is 0 Å². The van der Waals surface area contributed by atoms with E-state index in [0.717, 1.165) is 25.9 Å². The van der Waals surface area contributed by atoms with E-state index in [2.05, 4.69) is 4.98 Å². The third-order valence-corrected chi connectivity index (χ3v) is 5.79. The van der Waals surface area contributed by atoms with Gasteiger partial charge in [-0.2, -0.15) is 0 Å². The Morgan fingerprint density at radius 2 is 1.78 bits per heavy atom. The van der Waals surface area contributed by atoms with Crippen molar-refractivity contribution in [3.63, 3.8) is 0 Å². The third kappa shape index (κ3) is 3.73.